The molecule has 0 saturated carbocycles. The lowest BCUT2D eigenvalue weighted by atomic mass is 10.0. The molecule has 0 unspecified atom stereocenters. The molecule has 0 aliphatic carbocycles. The molecule has 538 valence electrons. The average molecular weight is 1370 g/mol. The Labute approximate surface area is 561 Å². The first-order valence-corrected chi connectivity index (χ1v) is 31.5. The highest BCUT2D eigenvalue weighted by atomic mass is 16.3. The number of aliphatic hydroxyl groups excluding tert-OH is 2. The van der Waals surface area contributed by atoms with E-state index in [0.717, 1.165) is 5.56 Å². The number of rotatable bonds is 46. The Morgan fingerprint density at radius 1 is 0.412 bits per heavy atom. The van der Waals surface area contributed by atoms with Gasteiger partial charge in [0, 0.05) is 19.5 Å². The summed E-state index contributed by atoms with van der Waals surface area (Å²) in [5.74, 6) is -12.2. The summed E-state index contributed by atoms with van der Waals surface area (Å²) in [4.78, 5) is 181. The maximum absolute atomic E-state index is 14.0. The molecule has 2 aromatic carbocycles. The van der Waals surface area contributed by atoms with E-state index in [1.165, 1.54) is 20.8 Å². The van der Waals surface area contributed by atoms with E-state index < -0.39 is 170 Å². The molecule has 0 aliphatic rings. The van der Waals surface area contributed by atoms with Crippen molar-refractivity contribution in [1.82, 2.24) is 63.8 Å². The van der Waals surface area contributed by atoms with Crippen LogP contribution in [0.5, 0.6) is 0 Å². The van der Waals surface area contributed by atoms with Crippen molar-refractivity contribution >= 4 is 88.7 Å². The number of nitrogens with two attached hydrogens (primary N) is 8. The lowest BCUT2D eigenvalue weighted by molar-refractivity contribution is -0.136. The minimum absolute atomic E-state index is 0.0170. The van der Waals surface area contributed by atoms with E-state index in [1.54, 1.807) is 60.7 Å². The number of benzene rings is 2. The highest BCUT2D eigenvalue weighted by Crippen LogP contribution is 2.09. The van der Waals surface area contributed by atoms with Crippen LogP contribution in [0.3, 0.4) is 0 Å². The van der Waals surface area contributed by atoms with Gasteiger partial charge in [0.15, 0.2) is 11.9 Å². The zero-order valence-corrected chi connectivity index (χ0v) is 54.8. The van der Waals surface area contributed by atoms with E-state index in [0.29, 0.717) is 24.9 Å². The average Bonchev–Trinajstić information content (AvgIpc) is 0.963. The van der Waals surface area contributed by atoms with Gasteiger partial charge in [-0.1, -0.05) is 60.7 Å². The van der Waals surface area contributed by atoms with Gasteiger partial charge < -0.3 is 120 Å². The molecule has 0 spiro atoms. The number of unbranched alkanes of at least 4 members (excludes halogenated alkanes) is 1. The van der Waals surface area contributed by atoms with Crippen molar-refractivity contribution < 1.29 is 72.5 Å². The summed E-state index contributed by atoms with van der Waals surface area (Å²) in [6.07, 6.45) is -0.316. The van der Waals surface area contributed by atoms with Crippen molar-refractivity contribution in [3.05, 3.63) is 71.8 Å². The Kier molecular flexibility index (Phi) is 38.8. The third-order valence-corrected chi connectivity index (χ3v) is 14.4. The molecule has 11 atom stereocenters. The Morgan fingerprint density at radius 2 is 0.814 bits per heavy atom. The fourth-order valence-corrected chi connectivity index (χ4v) is 9.00. The van der Waals surface area contributed by atoms with Crippen LogP contribution in [0.4, 0.5) is 0 Å². The van der Waals surface area contributed by atoms with Crippen molar-refractivity contribution in [2.24, 2.45) is 55.9 Å². The predicted molar refractivity (Wildman–Crippen MR) is 355 cm³/mol. The summed E-state index contributed by atoms with van der Waals surface area (Å²) in [5.41, 5.74) is 46.0. The van der Waals surface area contributed by atoms with Crippen molar-refractivity contribution in [3.8, 4) is 0 Å². The molecule has 97 heavy (non-hydrogen) atoms. The van der Waals surface area contributed by atoms with Gasteiger partial charge in [-0.05, 0) is 109 Å². The molecule has 2 aromatic rings. The van der Waals surface area contributed by atoms with Gasteiger partial charge in [-0.2, -0.15) is 0 Å². The number of primary amides is 1. The molecule has 0 heterocycles. The first-order chi connectivity index (χ1) is 46.0. The summed E-state index contributed by atoms with van der Waals surface area (Å²) in [5, 5.41) is 49.9. The second kappa shape index (κ2) is 45.3. The van der Waals surface area contributed by atoms with Crippen molar-refractivity contribution in [1.29, 1.82) is 0 Å². The van der Waals surface area contributed by atoms with Gasteiger partial charge >= 0.3 is 0 Å². The van der Waals surface area contributed by atoms with E-state index in [1.807, 2.05) is 0 Å². The van der Waals surface area contributed by atoms with Gasteiger partial charge in [0.2, 0.25) is 76.8 Å². The molecule has 0 radical (unpaired) electrons. The third kappa shape index (κ3) is 33.7. The highest BCUT2D eigenvalue weighted by Gasteiger charge is 2.34. The zero-order valence-electron chi connectivity index (χ0n) is 54.8. The summed E-state index contributed by atoms with van der Waals surface area (Å²) < 4.78 is 0. The fraction of sp³-hybridized carbons (Fsp3) is 0.550. The van der Waals surface area contributed by atoms with Crippen LogP contribution in [-0.2, 0) is 75.2 Å². The molecule has 0 aromatic heterocycles. The van der Waals surface area contributed by atoms with Crippen LogP contribution >= 0.6 is 0 Å². The van der Waals surface area contributed by atoms with Crippen molar-refractivity contribution in [2.75, 3.05) is 52.4 Å². The monoisotopic (exact) mass is 1370 g/mol. The molecule has 37 heteroatoms. The van der Waals surface area contributed by atoms with Gasteiger partial charge in [-0.15, -0.1) is 0 Å². The van der Waals surface area contributed by atoms with Crippen LogP contribution in [-0.4, -0.2) is 218 Å². The molecule has 37 nitrogen and oxygen atoms in total. The lowest BCUT2D eigenvalue weighted by Crippen LogP contribution is -2.60. The highest BCUT2D eigenvalue weighted by molar-refractivity contribution is 5.99. The van der Waals surface area contributed by atoms with Crippen LogP contribution in [0.15, 0.2) is 70.6 Å². The normalized spacial score (nSPS) is 14.2. The first-order valence-electron chi connectivity index (χ1n) is 31.5. The van der Waals surface area contributed by atoms with E-state index in [2.05, 4.69) is 73.8 Å². The quantitative estimate of drug-likeness (QED) is 0.0166. The molecule has 0 saturated heterocycles. The standard InChI is InChI=1S/C60H98N22O15/c1-33(74-46(86)31-73-58(97)48(35(3)84)82-56(95)43(28-37-17-8-5-9-18-37)76-47(87)30-71-45(85)29-72-52(91)38(63)27-36-15-6-4-7-16-36)50(89)78-42(22-14-26-70-60(67)68)54(93)80-40(20-12-24-62)55(94)81-44(32-83)57(96)75-34(2)51(90)79-41(21-13-25-69-59(65)66)53(92)77-39(49(64)88)19-10-11-23-61/h4-9,15-18,33-35,38-44,48,83-84H,10-14,19-32,61-63H2,1-3H3,(H2,64,88)(H,71,85)(H,72,91)(H,73,97)(H,74,86)(H,75,96)(H,76,87)(H,77,92)(H,78,89)(H,79,90)(H,80,93)(H,81,94)(H,82,95)(H4,65,66,69)(H4,67,68,70)/t33-,34-,35+,38-,39-,40-,41-,42-,43-,44-,48-/m0/s1. The van der Waals surface area contributed by atoms with Gasteiger partial charge in [0.1, 0.15) is 54.4 Å². The van der Waals surface area contributed by atoms with Crippen molar-refractivity contribution in [2.45, 2.75) is 158 Å². The summed E-state index contributed by atoms with van der Waals surface area (Å²) >= 11 is 0. The number of aliphatic imine (C=N–C) groups is 2. The maximum Gasteiger partial charge on any atom is 0.245 e. The van der Waals surface area contributed by atoms with E-state index in [4.69, 9.17) is 45.9 Å². The SMILES string of the molecule is C[C@H](NC(=O)CNC(=O)[C@@H](NC(=O)[C@H](Cc1ccccc1)NC(=O)CNC(=O)CNC(=O)[C@@H](N)Cc1ccccc1)[C@@H](C)O)C(=O)N[C@@H](CCCN=C(N)N)C(=O)N[C@@H](CCCN)C(=O)N[C@@H](CO)C(=O)N[C@@H](C)C(=O)N[C@@H](CCCN=C(N)N)C(=O)N[C@@H](CCCCN)C(N)=O. The second-order valence-electron chi connectivity index (χ2n) is 22.6. The van der Waals surface area contributed by atoms with Gasteiger partial charge in [0.05, 0.1) is 38.4 Å². The molecular weight excluding hydrogens is 1270 g/mol. The second-order valence-corrected chi connectivity index (χ2v) is 22.6. The fourth-order valence-electron chi connectivity index (χ4n) is 9.00. The number of carbonyl (C=O) groups is 13. The van der Waals surface area contributed by atoms with E-state index in [9.17, 15) is 72.5 Å². The molecular formula is C60H98N22O15. The maximum atomic E-state index is 14.0. The summed E-state index contributed by atoms with van der Waals surface area (Å²) in [6.45, 7) is 1.03. The first kappa shape index (κ1) is 83.0. The van der Waals surface area contributed by atoms with Crippen LogP contribution < -0.4 is 110 Å². The summed E-state index contributed by atoms with van der Waals surface area (Å²) in [7, 11) is 0. The molecule has 13 amide bonds. The van der Waals surface area contributed by atoms with Gasteiger partial charge in [-0.25, -0.2) is 0 Å². The third-order valence-electron chi connectivity index (χ3n) is 14.4. The Bertz CT molecular complexity index is 2970. The number of guanidine groups is 2. The number of hydrogen-bond donors (Lipinski definition) is 22. The lowest BCUT2D eigenvalue weighted by Gasteiger charge is -2.26. The van der Waals surface area contributed by atoms with E-state index >= 15 is 0 Å². The Morgan fingerprint density at radius 3 is 1.30 bits per heavy atom. The number of hydrogen-bond acceptors (Lipinski definition) is 20. The zero-order chi connectivity index (χ0) is 72.6. The predicted octanol–water partition coefficient (Wildman–Crippen LogP) is -9.62. The topological polar surface area (TPSA) is 640 Å². The number of carbonyl (C=O) groups excluding carboxylic acids is 13. The number of nitrogens with zero attached hydrogens (tertiary/aromatic N) is 2. The smallest absolute Gasteiger partial charge is 0.245 e. The Hall–Kier alpha value is -10.1. The minimum atomic E-state index is -1.73. The Balaban J connectivity index is 2.15. The summed E-state index contributed by atoms with van der Waals surface area (Å²) in [6, 6.07) is 3.37. The van der Waals surface area contributed by atoms with Crippen LogP contribution in [0.1, 0.15) is 89.7 Å². The van der Waals surface area contributed by atoms with Crippen LogP contribution in [0.25, 0.3) is 0 Å². The largest absolute Gasteiger partial charge is 0.394 e. The molecule has 0 aliphatic heterocycles. The minimum Gasteiger partial charge on any atom is -0.394 e. The number of aliphatic hydroxyl groups is 2. The molecule has 0 fully saturated rings. The number of nitrogens with one attached hydrogen (secondary N) is 12. The molecule has 2 rings (SSSR count). The molecule has 0 bridgehead atoms. The van der Waals surface area contributed by atoms with Crippen molar-refractivity contribution in [3.63, 3.8) is 0 Å². The number of amides is 13. The van der Waals surface area contributed by atoms with Crippen LogP contribution in [0, 0.1) is 0 Å². The van der Waals surface area contributed by atoms with E-state index in [-0.39, 0.29) is 89.3 Å². The molecule has 30 N–H and O–H groups in total. The van der Waals surface area contributed by atoms with Crippen LogP contribution in [0.2, 0.25) is 0 Å². The van der Waals surface area contributed by atoms with Gasteiger partial charge in [-0.3, -0.25) is 72.3 Å². The van der Waals surface area contributed by atoms with Gasteiger partial charge in [0.25, 0.3) is 0 Å².